The third kappa shape index (κ3) is 1.88. The van der Waals surface area contributed by atoms with E-state index in [1.54, 1.807) is 0 Å². The van der Waals surface area contributed by atoms with Crippen molar-refractivity contribution in [2.45, 2.75) is 57.5 Å². The second-order valence-corrected chi connectivity index (χ2v) is 6.27. The molecule has 96 valence electrons. The standard InChI is InChI=1S/C14H24N2O/c1-2-3-4-10(15)14(17)16-13-11-8-5-6-9(7-8)12(11)13/h8-13H,2-7,15H2,1H3,(H,16,17)/t8?,9?,10-,11?,12?,13?/m0/s1. The van der Waals surface area contributed by atoms with E-state index in [4.69, 9.17) is 5.73 Å². The van der Waals surface area contributed by atoms with E-state index < -0.39 is 0 Å². The molecule has 3 aliphatic carbocycles. The highest BCUT2D eigenvalue weighted by Crippen LogP contribution is 2.65. The first-order valence-corrected chi connectivity index (χ1v) is 7.28. The van der Waals surface area contributed by atoms with Crippen molar-refractivity contribution in [2.75, 3.05) is 0 Å². The Morgan fingerprint density at radius 1 is 1.35 bits per heavy atom. The van der Waals surface area contributed by atoms with Crippen LogP contribution in [0.25, 0.3) is 0 Å². The molecule has 3 aliphatic rings. The van der Waals surface area contributed by atoms with Crippen molar-refractivity contribution in [2.24, 2.45) is 29.4 Å². The molecular formula is C14H24N2O. The number of unbranched alkanes of at least 4 members (excludes halogenated alkanes) is 1. The predicted molar refractivity (Wildman–Crippen MR) is 67.2 cm³/mol. The SMILES string of the molecule is CCCC[C@H](N)C(=O)NC1C2C3CCC(C3)C12. The highest BCUT2D eigenvalue weighted by Gasteiger charge is 2.65. The first kappa shape index (κ1) is 11.5. The number of rotatable bonds is 5. The Hall–Kier alpha value is -0.570. The molecule has 1 amide bonds. The van der Waals surface area contributed by atoms with E-state index in [-0.39, 0.29) is 11.9 Å². The van der Waals surface area contributed by atoms with Crippen molar-refractivity contribution >= 4 is 5.91 Å². The highest BCUT2D eigenvalue weighted by molar-refractivity contribution is 5.82. The van der Waals surface area contributed by atoms with Crippen molar-refractivity contribution < 1.29 is 4.79 Å². The summed E-state index contributed by atoms with van der Waals surface area (Å²) in [5.41, 5.74) is 5.90. The lowest BCUT2D eigenvalue weighted by atomic mass is 10.0. The predicted octanol–water partition coefficient (Wildman–Crippen LogP) is 1.66. The monoisotopic (exact) mass is 236 g/mol. The van der Waals surface area contributed by atoms with Crippen LogP contribution in [0.4, 0.5) is 0 Å². The summed E-state index contributed by atoms with van der Waals surface area (Å²) >= 11 is 0. The molecule has 0 aromatic heterocycles. The molecule has 0 heterocycles. The molecule has 0 spiro atoms. The Labute approximate surface area is 104 Å². The van der Waals surface area contributed by atoms with Gasteiger partial charge in [-0.2, -0.15) is 0 Å². The van der Waals surface area contributed by atoms with Crippen LogP contribution in [0.15, 0.2) is 0 Å². The lowest BCUT2D eigenvalue weighted by Crippen LogP contribution is -2.43. The van der Waals surface area contributed by atoms with Crippen LogP contribution in [0.3, 0.4) is 0 Å². The van der Waals surface area contributed by atoms with Crippen molar-refractivity contribution in [1.29, 1.82) is 0 Å². The van der Waals surface area contributed by atoms with Crippen LogP contribution in [0.5, 0.6) is 0 Å². The van der Waals surface area contributed by atoms with Crippen LogP contribution in [-0.4, -0.2) is 18.0 Å². The third-order valence-electron chi connectivity index (χ3n) is 5.25. The van der Waals surface area contributed by atoms with Crippen molar-refractivity contribution in [3.05, 3.63) is 0 Å². The van der Waals surface area contributed by atoms with E-state index in [0.29, 0.717) is 6.04 Å². The lowest BCUT2D eigenvalue weighted by Gasteiger charge is -2.14. The maximum absolute atomic E-state index is 11.9. The van der Waals surface area contributed by atoms with Crippen molar-refractivity contribution in [3.63, 3.8) is 0 Å². The summed E-state index contributed by atoms with van der Waals surface area (Å²) in [6, 6.07) is 0.204. The van der Waals surface area contributed by atoms with Crippen molar-refractivity contribution in [1.82, 2.24) is 5.32 Å². The number of carbonyl (C=O) groups excluding carboxylic acids is 1. The van der Waals surface area contributed by atoms with Gasteiger partial charge in [-0.05, 0) is 49.4 Å². The van der Waals surface area contributed by atoms with E-state index in [1.807, 2.05) is 0 Å². The maximum Gasteiger partial charge on any atom is 0.237 e. The zero-order valence-corrected chi connectivity index (χ0v) is 10.7. The summed E-state index contributed by atoms with van der Waals surface area (Å²) in [6.07, 6.45) is 7.23. The second-order valence-electron chi connectivity index (χ2n) is 6.27. The highest BCUT2D eigenvalue weighted by atomic mass is 16.2. The van der Waals surface area contributed by atoms with E-state index >= 15 is 0 Å². The van der Waals surface area contributed by atoms with Gasteiger partial charge in [0.05, 0.1) is 6.04 Å². The number of fused-ring (bicyclic) bond motifs is 5. The molecule has 0 saturated heterocycles. The first-order valence-electron chi connectivity index (χ1n) is 7.28. The van der Waals surface area contributed by atoms with Crippen LogP contribution < -0.4 is 11.1 Å². The van der Waals surface area contributed by atoms with E-state index in [1.165, 1.54) is 19.3 Å². The summed E-state index contributed by atoms with van der Waals surface area (Å²) in [5.74, 6) is 3.56. The van der Waals surface area contributed by atoms with Crippen LogP contribution in [-0.2, 0) is 4.79 Å². The van der Waals surface area contributed by atoms with E-state index in [0.717, 1.165) is 42.9 Å². The Morgan fingerprint density at radius 2 is 2.00 bits per heavy atom. The van der Waals surface area contributed by atoms with Gasteiger partial charge in [-0.1, -0.05) is 19.8 Å². The Morgan fingerprint density at radius 3 is 2.59 bits per heavy atom. The fourth-order valence-electron chi connectivity index (χ4n) is 4.34. The number of nitrogens with two attached hydrogens (primary N) is 1. The van der Waals surface area contributed by atoms with Gasteiger partial charge in [-0.15, -0.1) is 0 Å². The molecule has 3 N–H and O–H groups in total. The topological polar surface area (TPSA) is 55.1 Å². The Balaban J connectivity index is 1.48. The third-order valence-corrected chi connectivity index (χ3v) is 5.25. The lowest BCUT2D eigenvalue weighted by molar-refractivity contribution is -0.122. The molecule has 3 nitrogen and oxygen atoms in total. The summed E-state index contributed by atoms with van der Waals surface area (Å²) in [4.78, 5) is 11.9. The zero-order valence-electron chi connectivity index (χ0n) is 10.7. The molecule has 2 bridgehead atoms. The summed E-state index contributed by atoms with van der Waals surface area (Å²) in [6.45, 7) is 2.13. The van der Waals surface area contributed by atoms with Gasteiger partial charge < -0.3 is 11.1 Å². The number of nitrogens with one attached hydrogen (secondary N) is 1. The minimum atomic E-state index is -0.283. The van der Waals surface area contributed by atoms with Gasteiger partial charge in [0.2, 0.25) is 5.91 Å². The number of amides is 1. The fourth-order valence-corrected chi connectivity index (χ4v) is 4.34. The molecule has 0 radical (unpaired) electrons. The summed E-state index contributed by atoms with van der Waals surface area (Å²) in [7, 11) is 0. The van der Waals surface area contributed by atoms with Crippen LogP contribution >= 0.6 is 0 Å². The van der Waals surface area contributed by atoms with Gasteiger partial charge in [0, 0.05) is 6.04 Å². The molecule has 0 aromatic rings. The van der Waals surface area contributed by atoms with Crippen molar-refractivity contribution in [3.8, 4) is 0 Å². The smallest absolute Gasteiger partial charge is 0.237 e. The Kier molecular flexibility index (Phi) is 2.89. The average Bonchev–Trinajstić information content (AvgIpc) is 2.75. The molecule has 0 aromatic carbocycles. The molecule has 3 rings (SSSR count). The quantitative estimate of drug-likeness (QED) is 0.763. The van der Waals surface area contributed by atoms with Gasteiger partial charge >= 0.3 is 0 Å². The molecule has 4 unspecified atom stereocenters. The Bertz CT molecular complexity index is 301. The van der Waals surface area contributed by atoms with E-state index in [9.17, 15) is 4.79 Å². The summed E-state index contributed by atoms with van der Waals surface area (Å²) < 4.78 is 0. The molecule has 5 atom stereocenters. The normalized spacial score (nSPS) is 43.3. The minimum Gasteiger partial charge on any atom is -0.351 e. The van der Waals surface area contributed by atoms with Gasteiger partial charge in [-0.25, -0.2) is 0 Å². The molecule has 3 heteroatoms. The van der Waals surface area contributed by atoms with Crippen LogP contribution in [0.1, 0.15) is 45.4 Å². The van der Waals surface area contributed by atoms with Gasteiger partial charge in [-0.3, -0.25) is 4.79 Å². The molecule has 17 heavy (non-hydrogen) atoms. The number of hydrogen-bond acceptors (Lipinski definition) is 2. The molecular weight excluding hydrogens is 212 g/mol. The molecule has 3 fully saturated rings. The van der Waals surface area contributed by atoms with Gasteiger partial charge in [0.1, 0.15) is 0 Å². The summed E-state index contributed by atoms with van der Waals surface area (Å²) in [5, 5.41) is 3.20. The maximum atomic E-state index is 11.9. The zero-order chi connectivity index (χ0) is 12.0. The largest absolute Gasteiger partial charge is 0.351 e. The molecule has 3 saturated carbocycles. The first-order chi connectivity index (χ1) is 8.22. The van der Waals surface area contributed by atoms with Gasteiger partial charge in [0.25, 0.3) is 0 Å². The average molecular weight is 236 g/mol. The van der Waals surface area contributed by atoms with Gasteiger partial charge in [0.15, 0.2) is 0 Å². The second kappa shape index (κ2) is 4.27. The number of carbonyl (C=O) groups is 1. The van der Waals surface area contributed by atoms with Crippen LogP contribution in [0, 0.1) is 23.7 Å². The molecule has 0 aliphatic heterocycles. The van der Waals surface area contributed by atoms with E-state index in [2.05, 4.69) is 12.2 Å². The fraction of sp³-hybridized carbons (Fsp3) is 0.929. The minimum absolute atomic E-state index is 0.0947. The van der Waals surface area contributed by atoms with Crippen LogP contribution in [0.2, 0.25) is 0 Å². The number of hydrogen-bond donors (Lipinski definition) is 2.